The standard InChI is InChI=1S/C22H22N2O3S/c1-26-18-11-9-16(10-12-18)20-15-28-22(23-20)24(14-19-8-5-13-27-19)21(25)17-6-3-2-4-7-17/h2-4,6-7,9-12,15,19H,5,8,13-14H2,1H3/t19-/m1/s1. The normalized spacial score (nSPS) is 16.1. The van der Waals surface area contributed by atoms with Crippen LogP contribution >= 0.6 is 11.3 Å². The molecule has 5 nitrogen and oxygen atoms in total. The van der Waals surface area contributed by atoms with Crippen LogP contribution in [0, 0.1) is 0 Å². The van der Waals surface area contributed by atoms with Gasteiger partial charge in [-0.25, -0.2) is 4.98 Å². The molecule has 0 unspecified atom stereocenters. The Morgan fingerprint density at radius 3 is 2.68 bits per heavy atom. The number of aromatic nitrogens is 1. The van der Waals surface area contributed by atoms with Crippen molar-refractivity contribution in [2.75, 3.05) is 25.2 Å². The lowest BCUT2D eigenvalue weighted by molar-refractivity contribution is 0.0917. The Balaban J connectivity index is 1.62. The maximum absolute atomic E-state index is 13.2. The molecular formula is C22H22N2O3S. The van der Waals surface area contributed by atoms with Gasteiger partial charge in [0.2, 0.25) is 0 Å². The van der Waals surface area contributed by atoms with Crippen molar-refractivity contribution in [3.63, 3.8) is 0 Å². The van der Waals surface area contributed by atoms with Gasteiger partial charge in [-0.3, -0.25) is 9.69 Å². The summed E-state index contributed by atoms with van der Waals surface area (Å²) < 4.78 is 11.0. The average molecular weight is 394 g/mol. The Morgan fingerprint density at radius 2 is 2.00 bits per heavy atom. The number of thiazole rings is 1. The fourth-order valence-corrected chi connectivity index (χ4v) is 4.10. The van der Waals surface area contributed by atoms with Crippen molar-refractivity contribution in [3.8, 4) is 17.0 Å². The van der Waals surface area contributed by atoms with Gasteiger partial charge in [-0.05, 0) is 49.2 Å². The SMILES string of the molecule is COc1ccc(-c2csc(N(C[C@H]3CCCO3)C(=O)c3ccccc3)n2)cc1. The van der Waals surface area contributed by atoms with Crippen molar-refractivity contribution in [1.29, 1.82) is 0 Å². The van der Waals surface area contributed by atoms with E-state index in [0.717, 1.165) is 36.5 Å². The number of carbonyl (C=O) groups is 1. The van der Waals surface area contributed by atoms with Crippen LogP contribution in [0.4, 0.5) is 5.13 Å². The molecule has 144 valence electrons. The van der Waals surface area contributed by atoms with E-state index in [1.165, 1.54) is 11.3 Å². The van der Waals surface area contributed by atoms with Gasteiger partial charge in [0.1, 0.15) is 5.75 Å². The average Bonchev–Trinajstić information content (AvgIpc) is 3.44. The zero-order valence-electron chi connectivity index (χ0n) is 15.7. The molecule has 0 spiro atoms. The first kappa shape index (κ1) is 18.7. The molecule has 4 rings (SSSR count). The lowest BCUT2D eigenvalue weighted by Crippen LogP contribution is -2.37. The van der Waals surface area contributed by atoms with Gasteiger partial charge in [-0.2, -0.15) is 0 Å². The van der Waals surface area contributed by atoms with Crippen molar-refractivity contribution in [1.82, 2.24) is 4.98 Å². The van der Waals surface area contributed by atoms with Crippen LogP contribution in [0.3, 0.4) is 0 Å². The molecule has 28 heavy (non-hydrogen) atoms. The van der Waals surface area contributed by atoms with Gasteiger partial charge in [0.05, 0.1) is 25.5 Å². The Kier molecular flexibility index (Phi) is 5.69. The van der Waals surface area contributed by atoms with Crippen molar-refractivity contribution in [3.05, 3.63) is 65.5 Å². The molecule has 1 aliphatic rings. The molecular weight excluding hydrogens is 372 g/mol. The van der Waals surface area contributed by atoms with E-state index in [4.69, 9.17) is 14.5 Å². The highest BCUT2D eigenvalue weighted by Gasteiger charge is 2.26. The van der Waals surface area contributed by atoms with Crippen LogP contribution in [-0.2, 0) is 4.74 Å². The third-order valence-corrected chi connectivity index (χ3v) is 5.65. The molecule has 1 atom stereocenters. The number of methoxy groups -OCH3 is 1. The Labute approximate surface area is 168 Å². The van der Waals surface area contributed by atoms with Crippen molar-refractivity contribution in [2.45, 2.75) is 18.9 Å². The maximum Gasteiger partial charge on any atom is 0.260 e. The fourth-order valence-electron chi connectivity index (χ4n) is 3.26. The highest BCUT2D eigenvalue weighted by Crippen LogP contribution is 2.30. The summed E-state index contributed by atoms with van der Waals surface area (Å²) in [6, 6.07) is 17.1. The van der Waals surface area contributed by atoms with E-state index in [1.54, 1.807) is 12.0 Å². The molecule has 1 fully saturated rings. The minimum Gasteiger partial charge on any atom is -0.497 e. The zero-order chi connectivity index (χ0) is 19.3. The summed E-state index contributed by atoms with van der Waals surface area (Å²) in [5.74, 6) is 0.755. The molecule has 1 aromatic heterocycles. The second-order valence-electron chi connectivity index (χ2n) is 6.66. The summed E-state index contributed by atoms with van der Waals surface area (Å²) in [5, 5.41) is 2.67. The number of rotatable bonds is 6. The number of nitrogens with zero attached hydrogens (tertiary/aromatic N) is 2. The van der Waals surface area contributed by atoms with Gasteiger partial charge < -0.3 is 9.47 Å². The number of hydrogen-bond donors (Lipinski definition) is 0. The van der Waals surface area contributed by atoms with E-state index < -0.39 is 0 Å². The van der Waals surface area contributed by atoms with Crippen LogP contribution in [0.5, 0.6) is 5.75 Å². The lowest BCUT2D eigenvalue weighted by Gasteiger charge is -2.23. The highest BCUT2D eigenvalue weighted by atomic mass is 32.1. The number of anilines is 1. The summed E-state index contributed by atoms with van der Waals surface area (Å²) in [5.41, 5.74) is 2.50. The van der Waals surface area contributed by atoms with Crippen LogP contribution < -0.4 is 9.64 Å². The third kappa shape index (κ3) is 4.08. The quantitative estimate of drug-likeness (QED) is 0.611. The summed E-state index contributed by atoms with van der Waals surface area (Å²) in [6.45, 7) is 1.27. The molecule has 1 aliphatic heterocycles. The first-order valence-corrected chi connectivity index (χ1v) is 10.2. The molecule has 2 heterocycles. The first-order chi connectivity index (χ1) is 13.7. The van der Waals surface area contributed by atoms with E-state index in [0.29, 0.717) is 17.2 Å². The molecule has 0 bridgehead atoms. The molecule has 3 aromatic rings. The van der Waals surface area contributed by atoms with Crippen LogP contribution in [0.25, 0.3) is 11.3 Å². The maximum atomic E-state index is 13.2. The summed E-state index contributed by atoms with van der Waals surface area (Å²) >= 11 is 1.48. The fraction of sp³-hybridized carbons (Fsp3) is 0.273. The van der Waals surface area contributed by atoms with Gasteiger partial charge in [0.25, 0.3) is 5.91 Å². The molecule has 2 aromatic carbocycles. The van der Waals surface area contributed by atoms with Crippen molar-refractivity contribution < 1.29 is 14.3 Å². The number of amides is 1. The monoisotopic (exact) mass is 394 g/mol. The second-order valence-corrected chi connectivity index (χ2v) is 7.50. The minimum absolute atomic E-state index is 0.0493. The minimum atomic E-state index is -0.0493. The topological polar surface area (TPSA) is 51.7 Å². The largest absolute Gasteiger partial charge is 0.497 e. The zero-order valence-corrected chi connectivity index (χ0v) is 16.5. The van der Waals surface area contributed by atoms with Crippen molar-refractivity contribution >= 4 is 22.4 Å². The smallest absolute Gasteiger partial charge is 0.260 e. The van der Waals surface area contributed by atoms with Gasteiger partial charge in [0, 0.05) is 23.1 Å². The van der Waals surface area contributed by atoms with Gasteiger partial charge >= 0.3 is 0 Å². The summed E-state index contributed by atoms with van der Waals surface area (Å²) in [6.07, 6.45) is 2.06. The van der Waals surface area contributed by atoms with Crippen LogP contribution in [0.15, 0.2) is 60.0 Å². The summed E-state index contributed by atoms with van der Waals surface area (Å²) in [4.78, 5) is 19.7. The van der Waals surface area contributed by atoms with Crippen LogP contribution in [-0.4, -0.2) is 37.3 Å². The lowest BCUT2D eigenvalue weighted by atomic mass is 10.1. The Bertz CT molecular complexity index is 918. The molecule has 0 aliphatic carbocycles. The summed E-state index contributed by atoms with van der Waals surface area (Å²) in [7, 11) is 1.65. The van der Waals surface area contributed by atoms with Gasteiger partial charge in [0.15, 0.2) is 5.13 Å². The van der Waals surface area contributed by atoms with E-state index >= 15 is 0 Å². The number of benzene rings is 2. The Hall–Kier alpha value is -2.70. The van der Waals surface area contributed by atoms with E-state index in [-0.39, 0.29) is 12.0 Å². The Morgan fingerprint density at radius 1 is 1.21 bits per heavy atom. The number of ether oxygens (including phenoxy) is 2. The number of hydrogen-bond acceptors (Lipinski definition) is 5. The van der Waals surface area contributed by atoms with E-state index in [1.807, 2.05) is 60.0 Å². The predicted octanol–water partition coefficient (Wildman–Crippen LogP) is 4.64. The highest BCUT2D eigenvalue weighted by molar-refractivity contribution is 7.14. The molecule has 0 radical (unpaired) electrons. The van der Waals surface area contributed by atoms with Gasteiger partial charge in [-0.15, -0.1) is 11.3 Å². The predicted molar refractivity (Wildman–Crippen MR) is 111 cm³/mol. The van der Waals surface area contributed by atoms with Crippen LogP contribution in [0.2, 0.25) is 0 Å². The molecule has 1 amide bonds. The second kappa shape index (κ2) is 8.54. The van der Waals surface area contributed by atoms with E-state index in [2.05, 4.69) is 0 Å². The molecule has 0 saturated carbocycles. The van der Waals surface area contributed by atoms with Crippen LogP contribution in [0.1, 0.15) is 23.2 Å². The van der Waals surface area contributed by atoms with Crippen molar-refractivity contribution in [2.24, 2.45) is 0 Å². The molecule has 0 N–H and O–H groups in total. The van der Waals surface area contributed by atoms with Gasteiger partial charge in [-0.1, -0.05) is 18.2 Å². The third-order valence-electron chi connectivity index (χ3n) is 4.78. The number of carbonyl (C=O) groups excluding carboxylic acids is 1. The molecule has 6 heteroatoms. The van der Waals surface area contributed by atoms with E-state index in [9.17, 15) is 4.79 Å². The molecule has 1 saturated heterocycles. The first-order valence-electron chi connectivity index (χ1n) is 9.33.